The number of aryl methyl sites for hydroxylation is 1. The summed E-state index contributed by atoms with van der Waals surface area (Å²) in [6.07, 6.45) is -0.708. The van der Waals surface area contributed by atoms with Crippen molar-refractivity contribution >= 4 is 17.8 Å². The van der Waals surface area contributed by atoms with E-state index in [2.05, 4.69) is 20.8 Å². The molecule has 0 saturated heterocycles. The van der Waals surface area contributed by atoms with Crippen molar-refractivity contribution in [3.63, 3.8) is 0 Å². The van der Waals surface area contributed by atoms with Crippen LogP contribution in [0.15, 0.2) is 12.1 Å². The molecule has 0 radical (unpaired) electrons. The molecule has 0 amide bonds. The molecule has 1 aromatic carbocycles. The second-order valence-electron chi connectivity index (χ2n) is 5.13. The lowest BCUT2D eigenvalue weighted by Crippen LogP contribution is -2.14. The molecular weight excluding hydrogens is 252 g/mol. The average molecular weight is 271 g/mol. The molecule has 100 valence electrons. The maximum absolute atomic E-state index is 11.3. The van der Waals surface area contributed by atoms with Crippen molar-refractivity contribution in [1.82, 2.24) is 0 Å². The van der Waals surface area contributed by atoms with Crippen LogP contribution in [0, 0.1) is 6.92 Å². The third kappa shape index (κ3) is 3.64. The summed E-state index contributed by atoms with van der Waals surface area (Å²) in [6.45, 7) is 10.1. The van der Waals surface area contributed by atoms with Crippen molar-refractivity contribution in [1.29, 1.82) is 0 Å². The summed E-state index contributed by atoms with van der Waals surface area (Å²) in [5.74, 6) is 0.437. The fraction of sp³-hybridized carbons (Fsp3) is 0.500. The van der Waals surface area contributed by atoms with Crippen LogP contribution in [0.5, 0.6) is 5.75 Å². The van der Waals surface area contributed by atoms with Crippen LogP contribution in [0.25, 0.3) is 0 Å². The van der Waals surface area contributed by atoms with Crippen LogP contribution in [-0.4, -0.2) is 12.8 Å². The van der Waals surface area contributed by atoms with E-state index in [4.69, 9.17) is 21.1 Å². The lowest BCUT2D eigenvalue weighted by atomic mass is 9.86. The van der Waals surface area contributed by atoms with E-state index < -0.39 is 6.16 Å². The van der Waals surface area contributed by atoms with Gasteiger partial charge in [0.05, 0.1) is 6.61 Å². The molecule has 1 rings (SSSR count). The maximum Gasteiger partial charge on any atom is 0.513 e. The molecule has 0 fully saturated rings. The van der Waals surface area contributed by atoms with Crippen molar-refractivity contribution in [3.05, 3.63) is 28.3 Å². The van der Waals surface area contributed by atoms with E-state index in [0.717, 1.165) is 11.1 Å². The topological polar surface area (TPSA) is 35.5 Å². The molecule has 0 atom stereocenters. The summed E-state index contributed by atoms with van der Waals surface area (Å²) >= 11 is 6.21. The minimum absolute atomic E-state index is 0.0513. The quantitative estimate of drug-likeness (QED) is 0.587. The highest BCUT2D eigenvalue weighted by Crippen LogP contribution is 2.34. The zero-order valence-electron chi connectivity index (χ0n) is 11.5. The first kappa shape index (κ1) is 14.8. The molecule has 4 heteroatoms. The molecule has 18 heavy (non-hydrogen) atoms. The van der Waals surface area contributed by atoms with Crippen LogP contribution >= 0.6 is 11.6 Å². The maximum atomic E-state index is 11.3. The standard InChI is InChI=1S/C14H19ClO3/c1-6-17-13(16)18-12-8-11(15)10(7-9(12)2)14(3,4)5/h7-8H,6H2,1-5H3. The molecule has 0 saturated carbocycles. The highest BCUT2D eigenvalue weighted by Gasteiger charge is 2.20. The van der Waals surface area contributed by atoms with E-state index in [1.165, 1.54) is 0 Å². The Hall–Kier alpha value is -1.22. The van der Waals surface area contributed by atoms with Gasteiger partial charge in [-0.15, -0.1) is 0 Å². The van der Waals surface area contributed by atoms with Crippen LogP contribution < -0.4 is 4.74 Å². The number of carbonyl (C=O) groups is 1. The van der Waals surface area contributed by atoms with E-state index >= 15 is 0 Å². The van der Waals surface area contributed by atoms with Gasteiger partial charge < -0.3 is 9.47 Å². The molecule has 0 unspecified atom stereocenters. The van der Waals surface area contributed by atoms with Crippen molar-refractivity contribution in [2.45, 2.75) is 40.0 Å². The minimum Gasteiger partial charge on any atom is -0.434 e. The fourth-order valence-electron chi connectivity index (χ4n) is 1.59. The number of hydrogen-bond acceptors (Lipinski definition) is 3. The predicted octanol–water partition coefficient (Wildman–Crippen LogP) is 4.48. The molecule has 0 bridgehead atoms. The Bertz CT molecular complexity index is 447. The summed E-state index contributed by atoms with van der Waals surface area (Å²) < 4.78 is 9.82. The Balaban J connectivity index is 3.04. The van der Waals surface area contributed by atoms with Crippen molar-refractivity contribution < 1.29 is 14.3 Å². The van der Waals surface area contributed by atoms with E-state index in [-0.39, 0.29) is 12.0 Å². The number of rotatable bonds is 2. The third-order valence-electron chi connectivity index (χ3n) is 2.53. The van der Waals surface area contributed by atoms with Crippen LogP contribution in [0.3, 0.4) is 0 Å². The second kappa shape index (κ2) is 5.61. The SMILES string of the molecule is CCOC(=O)Oc1cc(Cl)c(C(C)(C)C)cc1C. The smallest absolute Gasteiger partial charge is 0.434 e. The Morgan fingerprint density at radius 2 is 1.94 bits per heavy atom. The molecule has 0 N–H and O–H groups in total. The highest BCUT2D eigenvalue weighted by atomic mass is 35.5. The van der Waals surface area contributed by atoms with Crippen molar-refractivity contribution in [2.75, 3.05) is 6.61 Å². The van der Waals surface area contributed by atoms with Gasteiger partial charge in [-0.2, -0.15) is 0 Å². The van der Waals surface area contributed by atoms with E-state index in [9.17, 15) is 4.79 Å². The second-order valence-corrected chi connectivity index (χ2v) is 5.54. The first-order valence-corrected chi connectivity index (χ1v) is 6.28. The molecule has 0 aliphatic carbocycles. The largest absolute Gasteiger partial charge is 0.513 e. The Kier molecular flexibility index (Phi) is 4.63. The predicted molar refractivity (Wildman–Crippen MR) is 72.5 cm³/mol. The molecule has 1 aromatic rings. The van der Waals surface area contributed by atoms with Crippen LogP contribution in [0.1, 0.15) is 38.8 Å². The van der Waals surface area contributed by atoms with Gasteiger partial charge in [-0.1, -0.05) is 38.4 Å². The van der Waals surface area contributed by atoms with E-state index in [0.29, 0.717) is 10.8 Å². The summed E-state index contributed by atoms with van der Waals surface area (Å²) in [7, 11) is 0. The third-order valence-corrected chi connectivity index (χ3v) is 2.84. The van der Waals surface area contributed by atoms with Crippen LogP contribution in [0.4, 0.5) is 4.79 Å². The number of benzene rings is 1. The number of carbonyl (C=O) groups excluding carboxylic acids is 1. The molecule has 0 spiro atoms. The van der Waals surface area contributed by atoms with Crippen molar-refractivity contribution in [3.8, 4) is 5.75 Å². The molecule has 3 nitrogen and oxygen atoms in total. The molecule has 0 aromatic heterocycles. The van der Waals surface area contributed by atoms with Gasteiger partial charge in [0.25, 0.3) is 0 Å². The van der Waals surface area contributed by atoms with Gasteiger partial charge >= 0.3 is 6.16 Å². The van der Waals surface area contributed by atoms with Gasteiger partial charge in [-0.25, -0.2) is 4.79 Å². The van der Waals surface area contributed by atoms with Gasteiger partial charge in [0.1, 0.15) is 5.75 Å². The Morgan fingerprint density at radius 1 is 1.33 bits per heavy atom. The van der Waals surface area contributed by atoms with Gasteiger partial charge in [0, 0.05) is 11.1 Å². The lowest BCUT2D eigenvalue weighted by molar-refractivity contribution is 0.104. The van der Waals surface area contributed by atoms with Crippen LogP contribution in [-0.2, 0) is 10.2 Å². The zero-order valence-corrected chi connectivity index (χ0v) is 12.2. The van der Waals surface area contributed by atoms with Gasteiger partial charge in [0.15, 0.2) is 0 Å². The number of halogens is 1. The summed E-state index contributed by atoms with van der Waals surface area (Å²) in [5.41, 5.74) is 1.83. The summed E-state index contributed by atoms with van der Waals surface area (Å²) in [6, 6.07) is 3.60. The Labute approximate surface area is 113 Å². The minimum atomic E-state index is -0.708. The van der Waals surface area contributed by atoms with E-state index in [1.807, 2.05) is 13.0 Å². The monoisotopic (exact) mass is 270 g/mol. The van der Waals surface area contributed by atoms with Gasteiger partial charge in [-0.3, -0.25) is 0 Å². The number of hydrogen-bond donors (Lipinski definition) is 0. The Morgan fingerprint density at radius 3 is 2.44 bits per heavy atom. The van der Waals surface area contributed by atoms with Crippen LogP contribution in [0.2, 0.25) is 5.02 Å². The zero-order chi connectivity index (χ0) is 13.9. The highest BCUT2D eigenvalue weighted by molar-refractivity contribution is 6.31. The molecular formula is C14H19ClO3. The van der Waals surface area contributed by atoms with Gasteiger partial charge in [-0.05, 0) is 30.4 Å². The molecule has 0 aliphatic rings. The summed E-state index contributed by atoms with van der Waals surface area (Å²) in [4.78, 5) is 11.3. The van der Waals surface area contributed by atoms with Gasteiger partial charge in [0.2, 0.25) is 0 Å². The normalized spacial score (nSPS) is 11.2. The number of ether oxygens (including phenoxy) is 2. The first-order chi connectivity index (χ1) is 8.25. The lowest BCUT2D eigenvalue weighted by Gasteiger charge is -2.22. The molecule has 0 aliphatic heterocycles. The fourth-order valence-corrected chi connectivity index (χ4v) is 2.02. The first-order valence-electron chi connectivity index (χ1n) is 5.91. The molecule has 0 heterocycles. The summed E-state index contributed by atoms with van der Waals surface area (Å²) in [5, 5.41) is 0.590. The van der Waals surface area contributed by atoms with E-state index in [1.54, 1.807) is 13.0 Å². The average Bonchev–Trinajstić information content (AvgIpc) is 2.21. The van der Waals surface area contributed by atoms with Crippen molar-refractivity contribution in [2.24, 2.45) is 0 Å².